The molecule has 2 aliphatic rings. The highest BCUT2D eigenvalue weighted by molar-refractivity contribution is 5.72. The molecule has 0 aromatic rings. The highest BCUT2D eigenvalue weighted by atomic mass is 16.6. The van der Waals surface area contributed by atoms with Gasteiger partial charge in [0, 0.05) is 60.7 Å². The lowest BCUT2D eigenvalue weighted by atomic mass is 9.80. The molecule has 2 saturated heterocycles. The molecule has 0 bridgehead atoms. The summed E-state index contributed by atoms with van der Waals surface area (Å²) in [5.41, 5.74) is -2.17. The van der Waals surface area contributed by atoms with Gasteiger partial charge in [-0.05, 0) is 61.8 Å². The fourth-order valence-electron chi connectivity index (χ4n) is 5.38. The Morgan fingerprint density at radius 2 is 1.10 bits per heavy atom. The molecule has 0 atom stereocenters. The largest absolute Gasteiger partial charge is 0.784 e. The first-order valence-electron chi connectivity index (χ1n) is 11.3. The molecule has 0 saturated carbocycles. The van der Waals surface area contributed by atoms with Crippen LogP contribution < -0.4 is 0 Å². The van der Waals surface area contributed by atoms with Crippen molar-refractivity contribution in [3.05, 3.63) is 5.21 Å². The van der Waals surface area contributed by atoms with Crippen LogP contribution in [0.15, 0.2) is 0 Å². The molecule has 8 heteroatoms. The third-order valence-electron chi connectivity index (χ3n) is 6.51. The molecule has 1 N–H and O–H groups in total. The average Bonchev–Trinajstić information content (AvgIpc) is 2.56. The van der Waals surface area contributed by atoms with Gasteiger partial charge >= 0.3 is 11.9 Å². The summed E-state index contributed by atoms with van der Waals surface area (Å²) in [6, 6.07) is 0. The van der Waals surface area contributed by atoms with E-state index in [1.165, 1.54) is 5.06 Å². The van der Waals surface area contributed by atoms with Gasteiger partial charge in [-0.2, -0.15) is 5.06 Å². The fourth-order valence-corrected chi connectivity index (χ4v) is 5.38. The van der Waals surface area contributed by atoms with E-state index in [0.29, 0.717) is 32.1 Å². The number of hydrogen-bond acceptors (Lipinski definition) is 8. The smallest absolute Gasteiger partial charge is 0.306 e. The lowest BCUT2D eigenvalue weighted by Gasteiger charge is -2.59. The lowest BCUT2D eigenvalue weighted by molar-refractivity contribution is -0.259. The number of rotatable bonds is 6. The van der Waals surface area contributed by atoms with Crippen molar-refractivity contribution in [2.45, 2.75) is 135 Å². The van der Waals surface area contributed by atoms with E-state index in [2.05, 4.69) is 0 Å². The van der Waals surface area contributed by atoms with E-state index >= 15 is 0 Å². The molecule has 2 aliphatic heterocycles. The third kappa shape index (κ3) is 6.40. The van der Waals surface area contributed by atoms with E-state index in [0.717, 1.165) is 5.06 Å². The van der Waals surface area contributed by atoms with Crippen molar-refractivity contribution >= 4 is 11.9 Å². The Hall–Kier alpha value is -1.22. The Bertz CT molecular complexity index is 581. The van der Waals surface area contributed by atoms with E-state index in [4.69, 9.17) is 9.47 Å². The van der Waals surface area contributed by atoms with Crippen molar-refractivity contribution in [1.29, 1.82) is 0 Å². The number of hydroxylamine groups is 4. The molecule has 0 aromatic carbocycles. The van der Waals surface area contributed by atoms with Crippen molar-refractivity contribution in [3.8, 4) is 0 Å². The molecule has 2 heterocycles. The highest BCUT2D eigenvalue weighted by Crippen LogP contribution is 2.39. The maximum atomic E-state index is 12.4. The predicted molar refractivity (Wildman–Crippen MR) is 117 cm³/mol. The van der Waals surface area contributed by atoms with Gasteiger partial charge in [0.2, 0.25) is 0 Å². The molecule has 0 spiro atoms. The maximum Gasteiger partial charge on any atom is 0.306 e. The van der Waals surface area contributed by atoms with Crippen LogP contribution in [0.4, 0.5) is 0 Å². The number of ether oxygens (including phenoxy) is 2. The lowest BCUT2D eigenvalue weighted by Crippen LogP contribution is -2.60. The number of carbonyl (C=O) groups excluding carboxylic acids is 2. The minimum atomic E-state index is -0.595. The molecule has 0 unspecified atom stereocenters. The molecular formula is C23H41N2O6-. The minimum absolute atomic E-state index is 0.139. The van der Waals surface area contributed by atoms with Crippen molar-refractivity contribution in [1.82, 2.24) is 10.1 Å². The fraction of sp³-hybridized carbons (Fsp3) is 0.913. The molecule has 0 radical (unpaired) electrons. The van der Waals surface area contributed by atoms with Gasteiger partial charge < -0.3 is 25.0 Å². The van der Waals surface area contributed by atoms with Crippen molar-refractivity contribution < 1.29 is 24.3 Å². The summed E-state index contributed by atoms with van der Waals surface area (Å²) >= 11 is 0. The standard InChI is InChI=1S/C23H41N2O6/c1-20(2)12-16(13-21(3,4)24(20)28)30-18(26)10-9-11-19(27)31-17-14-22(5,6)25(29)23(7,8)15-17/h16-17,28H,9-15H2,1-8H3/q-1. The summed E-state index contributed by atoms with van der Waals surface area (Å²) in [6.45, 7) is 15.1. The molecular weight excluding hydrogens is 400 g/mol. The molecule has 0 aliphatic carbocycles. The summed E-state index contributed by atoms with van der Waals surface area (Å²) in [5.74, 6) is -0.683. The predicted octanol–water partition coefficient (Wildman–Crippen LogP) is 4.17. The number of carbonyl (C=O) groups is 2. The monoisotopic (exact) mass is 441 g/mol. The molecule has 2 rings (SSSR count). The third-order valence-corrected chi connectivity index (χ3v) is 6.51. The van der Waals surface area contributed by atoms with Crippen LogP contribution in [-0.4, -0.2) is 61.6 Å². The minimum Gasteiger partial charge on any atom is -0.784 e. The number of esters is 2. The van der Waals surface area contributed by atoms with E-state index in [1.54, 1.807) is 0 Å². The molecule has 8 nitrogen and oxygen atoms in total. The second-order valence-corrected chi connectivity index (χ2v) is 11.7. The second kappa shape index (κ2) is 8.96. The Morgan fingerprint density at radius 3 is 1.45 bits per heavy atom. The number of piperidine rings is 2. The van der Waals surface area contributed by atoms with Crippen LogP contribution in [0.1, 0.15) is 100 Å². The first kappa shape index (κ1) is 26.0. The van der Waals surface area contributed by atoms with E-state index in [9.17, 15) is 20.0 Å². The zero-order valence-corrected chi connectivity index (χ0v) is 20.5. The Kier molecular flexibility index (Phi) is 7.53. The highest BCUT2D eigenvalue weighted by Gasteiger charge is 2.46. The molecule has 31 heavy (non-hydrogen) atoms. The van der Waals surface area contributed by atoms with Crippen molar-refractivity contribution in [2.24, 2.45) is 0 Å². The molecule has 0 amide bonds. The van der Waals surface area contributed by atoms with Gasteiger partial charge in [-0.3, -0.25) is 9.59 Å². The molecule has 180 valence electrons. The Morgan fingerprint density at radius 1 is 0.774 bits per heavy atom. The second-order valence-electron chi connectivity index (χ2n) is 11.7. The van der Waals surface area contributed by atoms with E-state index < -0.39 is 22.2 Å². The van der Waals surface area contributed by atoms with Crippen LogP contribution in [0, 0.1) is 5.21 Å². The summed E-state index contributed by atoms with van der Waals surface area (Å²) < 4.78 is 11.3. The zero-order chi connectivity index (χ0) is 23.8. The first-order valence-corrected chi connectivity index (χ1v) is 11.3. The summed E-state index contributed by atoms with van der Waals surface area (Å²) in [7, 11) is 0. The Balaban J connectivity index is 1.77. The van der Waals surface area contributed by atoms with Crippen LogP contribution in [0.2, 0.25) is 0 Å². The summed E-state index contributed by atoms with van der Waals surface area (Å²) in [4.78, 5) is 24.6. The van der Waals surface area contributed by atoms with Crippen molar-refractivity contribution in [3.63, 3.8) is 0 Å². The van der Waals surface area contributed by atoms with Crippen LogP contribution in [-0.2, 0) is 19.1 Å². The summed E-state index contributed by atoms with van der Waals surface area (Å²) in [5, 5.41) is 25.2. The van der Waals surface area contributed by atoms with Crippen LogP contribution in [0.5, 0.6) is 0 Å². The molecule has 0 aromatic heterocycles. The average molecular weight is 442 g/mol. The van der Waals surface area contributed by atoms with Crippen LogP contribution in [0.25, 0.3) is 0 Å². The Labute approximate surface area is 186 Å². The summed E-state index contributed by atoms with van der Waals surface area (Å²) in [6.07, 6.45) is 2.14. The van der Waals surface area contributed by atoms with E-state index in [-0.39, 0.29) is 37.0 Å². The topological polar surface area (TPSA) is 102 Å². The van der Waals surface area contributed by atoms with Gasteiger partial charge in [0.1, 0.15) is 12.2 Å². The van der Waals surface area contributed by atoms with Gasteiger partial charge in [0.25, 0.3) is 0 Å². The number of hydrogen-bond donors (Lipinski definition) is 1. The molecule has 2 fully saturated rings. The van der Waals surface area contributed by atoms with Crippen molar-refractivity contribution in [2.75, 3.05) is 0 Å². The van der Waals surface area contributed by atoms with Crippen LogP contribution in [0.3, 0.4) is 0 Å². The van der Waals surface area contributed by atoms with Gasteiger partial charge in [0.15, 0.2) is 0 Å². The SMILES string of the molecule is CC1(C)CC(OC(=O)CCCC(=O)OC2CC(C)(C)N(O)C(C)(C)C2)CC(C)(C)N1[O-]. The maximum absolute atomic E-state index is 12.4. The normalized spacial score (nSPS) is 26.4. The quantitative estimate of drug-likeness (QED) is 0.613. The van der Waals surface area contributed by atoms with Gasteiger partial charge in [0.05, 0.1) is 0 Å². The number of nitrogens with zero attached hydrogens (tertiary/aromatic N) is 2. The first-order chi connectivity index (χ1) is 14.0. The zero-order valence-electron chi connectivity index (χ0n) is 20.5. The van der Waals surface area contributed by atoms with E-state index in [1.807, 2.05) is 55.4 Å². The van der Waals surface area contributed by atoms with Gasteiger partial charge in [-0.1, -0.05) is 0 Å². The van der Waals surface area contributed by atoms with Crippen LogP contribution >= 0.6 is 0 Å². The van der Waals surface area contributed by atoms with Gasteiger partial charge in [-0.25, -0.2) is 0 Å². The van der Waals surface area contributed by atoms with Gasteiger partial charge in [-0.15, -0.1) is 0 Å².